The highest BCUT2D eigenvalue weighted by Gasteiger charge is 2.16. The van der Waals surface area contributed by atoms with Crippen molar-refractivity contribution in [3.05, 3.63) is 54.1 Å². The van der Waals surface area contributed by atoms with E-state index in [1.165, 1.54) is 0 Å². The molecule has 1 saturated heterocycles. The first-order chi connectivity index (χ1) is 12.2. The summed E-state index contributed by atoms with van der Waals surface area (Å²) in [7, 11) is 0. The summed E-state index contributed by atoms with van der Waals surface area (Å²) < 4.78 is 11.2. The number of nitrogens with one attached hydrogen (secondary N) is 2. The first-order valence-corrected chi connectivity index (χ1v) is 8.18. The van der Waals surface area contributed by atoms with Crippen LogP contribution in [0.25, 0.3) is 0 Å². The summed E-state index contributed by atoms with van der Waals surface area (Å²) in [6.45, 7) is 1.28. The lowest BCUT2D eigenvalue weighted by Gasteiger charge is -2.12. The zero-order chi connectivity index (χ0) is 17.5. The molecule has 2 N–H and O–H groups in total. The van der Waals surface area contributed by atoms with Crippen LogP contribution < -0.4 is 15.4 Å². The van der Waals surface area contributed by atoms with Gasteiger partial charge in [-0.15, -0.1) is 0 Å². The van der Waals surface area contributed by atoms with Gasteiger partial charge in [0.15, 0.2) is 0 Å². The molecule has 25 heavy (non-hydrogen) atoms. The van der Waals surface area contributed by atoms with Crippen molar-refractivity contribution in [3.63, 3.8) is 0 Å². The van der Waals surface area contributed by atoms with E-state index in [2.05, 4.69) is 16.7 Å². The van der Waals surface area contributed by atoms with Crippen molar-refractivity contribution in [2.75, 3.05) is 18.5 Å². The van der Waals surface area contributed by atoms with Gasteiger partial charge in [0.25, 0.3) is 0 Å². The average molecular weight is 337 g/mol. The molecular formula is C19H19N3O3. The molecule has 2 aromatic carbocycles. The van der Waals surface area contributed by atoms with Gasteiger partial charge in [-0.2, -0.15) is 5.26 Å². The Balaban J connectivity index is 1.53. The number of ether oxygens (including phenoxy) is 2. The lowest BCUT2D eigenvalue weighted by molar-refractivity contribution is 0.112. The number of rotatable bonds is 5. The molecule has 0 bridgehead atoms. The van der Waals surface area contributed by atoms with Crippen molar-refractivity contribution in [1.82, 2.24) is 5.32 Å². The fraction of sp³-hybridized carbons (Fsp3) is 0.263. The summed E-state index contributed by atoms with van der Waals surface area (Å²) in [5.41, 5.74) is 1.13. The van der Waals surface area contributed by atoms with E-state index in [1.807, 2.05) is 6.07 Å². The Labute approximate surface area is 146 Å². The second-order valence-electron chi connectivity index (χ2n) is 5.70. The number of nitrogens with zero attached hydrogens (tertiary/aromatic N) is 1. The van der Waals surface area contributed by atoms with E-state index in [0.29, 0.717) is 29.3 Å². The van der Waals surface area contributed by atoms with Crippen LogP contribution in [0.2, 0.25) is 0 Å². The monoisotopic (exact) mass is 337 g/mol. The van der Waals surface area contributed by atoms with Crippen LogP contribution >= 0.6 is 0 Å². The number of nitriles is 1. The minimum atomic E-state index is -0.265. The second kappa shape index (κ2) is 8.18. The SMILES string of the molecule is N#Cc1ccccc1Oc1ccc(NC(=O)NCC2CCCO2)cc1. The minimum Gasteiger partial charge on any atom is -0.456 e. The van der Waals surface area contributed by atoms with Gasteiger partial charge in [-0.25, -0.2) is 4.79 Å². The summed E-state index contributed by atoms with van der Waals surface area (Å²) in [4.78, 5) is 11.9. The third kappa shape index (κ3) is 4.72. The van der Waals surface area contributed by atoms with Crippen molar-refractivity contribution >= 4 is 11.7 Å². The van der Waals surface area contributed by atoms with Crippen LogP contribution in [0.3, 0.4) is 0 Å². The molecule has 0 aliphatic carbocycles. The number of amides is 2. The Morgan fingerprint density at radius 1 is 1.24 bits per heavy atom. The zero-order valence-electron chi connectivity index (χ0n) is 13.7. The Kier molecular flexibility index (Phi) is 5.50. The second-order valence-corrected chi connectivity index (χ2v) is 5.70. The number of benzene rings is 2. The standard InChI is InChI=1S/C19H19N3O3/c20-12-14-4-1-2-6-18(14)25-16-9-7-15(8-10-16)22-19(23)21-13-17-5-3-11-24-17/h1-2,4,6-10,17H,3,5,11,13H2,(H2,21,22,23). The Hall–Kier alpha value is -3.04. The fourth-order valence-electron chi connectivity index (χ4n) is 2.57. The molecule has 0 aromatic heterocycles. The molecule has 2 amide bonds. The van der Waals surface area contributed by atoms with Crippen molar-refractivity contribution < 1.29 is 14.3 Å². The van der Waals surface area contributed by atoms with Gasteiger partial charge in [0.1, 0.15) is 17.6 Å². The van der Waals surface area contributed by atoms with E-state index >= 15 is 0 Å². The summed E-state index contributed by atoms with van der Waals surface area (Å²) in [5, 5.41) is 14.6. The molecule has 1 aliphatic rings. The van der Waals surface area contributed by atoms with Gasteiger partial charge >= 0.3 is 6.03 Å². The van der Waals surface area contributed by atoms with E-state index in [1.54, 1.807) is 42.5 Å². The largest absolute Gasteiger partial charge is 0.456 e. The fourth-order valence-corrected chi connectivity index (χ4v) is 2.57. The van der Waals surface area contributed by atoms with Crippen LogP contribution in [0.5, 0.6) is 11.5 Å². The topological polar surface area (TPSA) is 83.4 Å². The quantitative estimate of drug-likeness (QED) is 0.872. The van der Waals surface area contributed by atoms with Crippen LogP contribution in [0, 0.1) is 11.3 Å². The summed E-state index contributed by atoms with van der Waals surface area (Å²) in [6, 6.07) is 15.8. The molecule has 2 aromatic rings. The molecular weight excluding hydrogens is 318 g/mol. The van der Waals surface area contributed by atoms with Crippen molar-refractivity contribution in [2.24, 2.45) is 0 Å². The van der Waals surface area contributed by atoms with Crippen LogP contribution in [-0.2, 0) is 4.74 Å². The first-order valence-electron chi connectivity index (χ1n) is 8.18. The molecule has 6 nitrogen and oxygen atoms in total. The predicted molar refractivity (Wildman–Crippen MR) is 93.7 cm³/mol. The molecule has 1 atom stereocenters. The maximum atomic E-state index is 11.9. The van der Waals surface area contributed by atoms with Crippen LogP contribution in [0.15, 0.2) is 48.5 Å². The van der Waals surface area contributed by atoms with Crippen LogP contribution in [0.4, 0.5) is 10.5 Å². The van der Waals surface area contributed by atoms with Gasteiger partial charge in [-0.1, -0.05) is 12.1 Å². The first kappa shape index (κ1) is 16.8. The number of para-hydroxylation sites is 1. The Morgan fingerprint density at radius 3 is 2.76 bits per heavy atom. The van der Waals surface area contributed by atoms with E-state index in [0.717, 1.165) is 19.4 Å². The third-order valence-electron chi connectivity index (χ3n) is 3.86. The molecule has 0 spiro atoms. The number of urea groups is 1. The summed E-state index contributed by atoms with van der Waals surface area (Å²) >= 11 is 0. The van der Waals surface area contributed by atoms with Gasteiger partial charge in [-0.3, -0.25) is 0 Å². The molecule has 0 saturated carbocycles. The zero-order valence-corrected chi connectivity index (χ0v) is 13.7. The van der Waals surface area contributed by atoms with Crippen LogP contribution in [-0.4, -0.2) is 25.3 Å². The molecule has 6 heteroatoms. The third-order valence-corrected chi connectivity index (χ3v) is 3.86. The molecule has 0 radical (unpaired) electrons. The smallest absolute Gasteiger partial charge is 0.319 e. The number of hydrogen-bond donors (Lipinski definition) is 2. The highest BCUT2D eigenvalue weighted by atomic mass is 16.5. The molecule has 1 unspecified atom stereocenters. The molecule has 128 valence electrons. The van der Waals surface area contributed by atoms with Crippen molar-refractivity contribution in [2.45, 2.75) is 18.9 Å². The van der Waals surface area contributed by atoms with Gasteiger partial charge in [0.2, 0.25) is 0 Å². The normalized spacial score (nSPS) is 16.0. The maximum absolute atomic E-state index is 11.9. The average Bonchev–Trinajstić information content (AvgIpc) is 3.16. The van der Waals surface area contributed by atoms with E-state index in [-0.39, 0.29) is 12.1 Å². The van der Waals surface area contributed by atoms with Gasteiger partial charge in [0, 0.05) is 18.8 Å². The number of carbonyl (C=O) groups excluding carboxylic acids is 1. The van der Waals surface area contributed by atoms with E-state index in [4.69, 9.17) is 14.7 Å². The molecule has 1 aliphatic heterocycles. The molecule has 1 heterocycles. The summed E-state index contributed by atoms with van der Waals surface area (Å²) in [6.07, 6.45) is 2.14. The minimum absolute atomic E-state index is 0.113. The Bertz CT molecular complexity index is 762. The van der Waals surface area contributed by atoms with E-state index < -0.39 is 0 Å². The highest BCUT2D eigenvalue weighted by molar-refractivity contribution is 5.89. The van der Waals surface area contributed by atoms with Gasteiger partial charge < -0.3 is 20.1 Å². The van der Waals surface area contributed by atoms with E-state index in [9.17, 15) is 4.79 Å². The maximum Gasteiger partial charge on any atom is 0.319 e. The molecule has 3 rings (SSSR count). The van der Waals surface area contributed by atoms with Gasteiger partial charge in [-0.05, 0) is 49.2 Å². The van der Waals surface area contributed by atoms with Crippen molar-refractivity contribution in [3.8, 4) is 17.6 Å². The Morgan fingerprint density at radius 2 is 2.04 bits per heavy atom. The van der Waals surface area contributed by atoms with Crippen LogP contribution in [0.1, 0.15) is 18.4 Å². The highest BCUT2D eigenvalue weighted by Crippen LogP contribution is 2.25. The number of carbonyl (C=O) groups is 1. The lowest BCUT2D eigenvalue weighted by atomic mass is 10.2. The predicted octanol–water partition coefficient (Wildman–Crippen LogP) is 3.65. The van der Waals surface area contributed by atoms with Gasteiger partial charge in [0.05, 0.1) is 11.7 Å². The molecule has 1 fully saturated rings. The number of anilines is 1. The van der Waals surface area contributed by atoms with Crippen molar-refractivity contribution in [1.29, 1.82) is 5.26 Å². The lowest BCUT2D eigenvalue weighted by Crippen LogP contribution is -2.34. The number of hydrogen-bond acceptors (Lipinski definition) is 4. The summed E-state index contributed by atoms with van der Waals surface area (Å²) in [5.74, 6) is 1.09.